The predicted octanol–water partition coefficient (Wildman–Crippen LogP) is 2.06. The Labute approximate surface area is 102 Å². The van der Waals surface area contributed by atoms with Crippen LogP contribution in [-0.4, -0.2) is 30.6 Å². The van der Waals surface area contributed by atoms with Crippen molar-refractivity contribution < 1.29 is 0 Å². The van der Waals surface area contributed by atoms with Gasteiger partial charge in [-0.2, -0.15) is 5.26 Å². The lowest BCUT2D eigenvalue weighted by Crippen LogP contribution is -2.53. The van der Waals surface area contributed by atoms with Gasteiger partial charge in [-0.15, -0.1) is 0 Å². The topological polar surface area (TPSA) is 39.1 Å². The Balaban J connectivity index is 1.68. The Bertz CT molecular complexity index is 424. The van der Waals surface area contributed by atoms with Crippen molar-refractivity contribution in [2.24, 2.45) is 5.92 Å². The molecule has 0 spiro atoms. The van der Waals surface area contributed by atoms with Crippen molar-refractivity contribution in [3.8, 4) is 6.07 Å². The van der Waals surface area contributed by atoms with Crippen molar-refractivity contribution in [1.29, 1.82) is 5.26 Å². The van der Waals surface area contributed by atoms with E-state index in [1.165, 1.54) is 32.5 Å². The van der Waals surface area contributed by atoms with Crippen molar-refractivity contribution in [3.05, 3.63) is 29.8 Å². The minimum atomic E-state index is 0.588. The van der Waals surface area contributed by atoms with Crippen LogP contribution in [0, 0.1) is 17.2 Å². The molecule has 1 aromatic carbocycles. The molecule has 1 atom stereocenters. The average Bonchev–Trinajstić information content (AvgIpc) is 2.41. The maximum atomic E-state index is 8.76. The summed E-state index contributed by atoms with van der Waals surface area (Å²) in [5.74, 6) is 0.829. The van der Waals surface area contributed by atoms with Crippen LogP contribution in [0.5, 0.6) is 0 Å². The number of hydrogen-bond donors (Lipinski definition) is 1. The fraction of sp³-hybridized carbons (Fsp3) is 0.500. The second-order valence-corrected chi connectivity index (χ2v) is 5.08. The minimum absolute atomic E-state index is 0.588. The number of fused-ring (bicyclic) bond motifs is 3. The molecule has 3 aliphatic heterocycles. The molecule has 0 saturated carbocycles. The SMILES string of the molecule is N#Cc1ccc(NC2CN3CCC2CC3)cc1. The van der Waals surface area contributed by atoms with Crippen molar-refractivity contribution in [3.63, 3.8) is 0 Å². The van der Waals surface area contributed by atoms with Gasteiger partial charge in [-0.25, -0.2) is 0 Å². The van der Waals surface area contributed by atoms with Crippen LogP contribution in [0.3, 0.4) is 0 Å². The summed E-state index contributed by atoms with van der Waals surface area (Å²) in [6.07, 6.45) is 2.65. The first kappa shape index (κ1) is 10.6. The summed E-state index contributed by atoms with van der Waals surface area (Å²) in [5.41, 5.74) is 1.87. The van der Waals surface area contributed by atoms with Crippen molar-refractivity contribution >= 4 is 5.69 Å². The number of nitrogens with one attached hydrogen (secondary N) is 1. The molecular weight excluding hydrogens is 210 g/mol. The minimum Gasteiger partial charge on any atom is -0.381 e. The van der Waals surface area contributed by atoms with E-state index in [0.717, 1.165) is 17.2 Å². The molecule has 17 heavy (non-hydrogen) atoms. The van der Waals surface area contributed by atoms with Crippen LogP contribution in [0.4, 0.5) is 5.69 Å². The molecule has 3 heteroatoms. The summed E-state index contributed by atoms with van der Waals surface area (Å²) in [5, 5.41) is 12.4. The van der Waals surface area contributed by atoms with Gasteiger partial charge in [0.25, 0.3) is 0 Å². The van der Waals surface area contributed by atoms with Gasteiger partial charge in [0.05, 0.1) is 11.6 Å². The molecule has 0 aromatic heterocycles. The highest BCUT2D eigenvalue weighted by Gasteiger charge is 2.33. The van der Waals surface area contributed by atoms with Crippen LogP contribution < -0.4 is 5.32 Å². The highest BCUT2D eigenvalue weighted by atomic mass is 15.2. The third kappa shape index (κ3) is 2.13. The average molecular weight is 227 g/mol. The monoisotopic (exact) mass is 227 g/mol. The van der Waals surface area contributed by atoms with E-state index in [1.807, 2.05) is 24.3 Å². The molecule has 3 aliphatic rings. The number of nitriles is 1. The number of anilines is 1. The van der Waals surface area contributed by atoms with Crippen LogP contribution in [0.25, 0.3) is 0 Å². The maximum Gasteiger partial charge on any atom is 0.0991 e. The molecule has 1 unspecified atom stereocenters. The molecule has 88 valence electrons. The zero-order valence-electron chi connectivity index (χ0n) is 9.89. The lowest BCUT2D eigenvalue weighted by atomic mass is 9.84. The molecule has 0 amide bonds. The van der Waals surface area contributed by atoms with E-state index >= 15 is 0 Å². The first-order valence-corrected chi connectivity index (χ1v) is 6.34. The van der Waals surface area contributed by atoms with E-state index in [9.17, 15) is 0 Å². The van der Waals surface area contributed by atoms with E-state index in [0.29, 0.717) is 6.04 Å². The van der Waals surface area contributed by atoms with Crippen LogP contribution in [0.2, 0.25) is 0 Å². The van der Waals surface area contributed by atoms with Crippen molar-refractivity contribution in [2.75, 3.05) is 25.0 Å². The normalized spacial score (nSPS) is 30.9. The van der Waals surface area contributed by atoms with Gasteiger partial charge in [0.15, 0.2) is 0 Å². The third-order valence-electron chi connectivity index (χ3n) is 4.02. The summed E-state index contributed by atoms with van der Waals surface area (Å²) in [7, 11) is 0. The zero-order valence-corrected chi connectivity index (χ0v) is 9.89. The first-order valence-electron chi connectivity index (χ1n) is 6.34. The molecule has 0 radical (unpaired) electrons. The Morgan fingerprint density at radius 3 is 2.41 bits per heavy atom. The highest BCUT2D eigenvalue weighted by Crippen LogP contribution is 2.29. The molecule has 1 aromatic rings. The van der Waals surface area contributed by atoms with Crippen LogP contribution in [0.15, 0.2) is 24.3 Å². The molecule has 2 bridgehead atoms. The fourth-order valence-electron chi connectivity index (χ4n) is 2.98. The Kier molecular flexibility index (Phi) is 2.74. The van der Waals surface area contributed by atoms with Gasteiger partial charge in [0.2, 0.25) is 0 Å². The molecule has 0 aliphatic carbocycles. The Morgan fingerprint density at radius 2 is 1.88 bits per heavy atom. The predicted molar refractivity (Wildman–Crippen MR) is 67.7 cm³/mol. The van der Waals surface area contributed by atoms with E-state index in [4.69, 9.17) is 5.26 Å². The largest absolute Gasteiger partial charge is 0.381 e. The van der Waals surface area contributed by atoms with Crippen LogP contribution >= 0.6 is 0 Å². The van der Waals surface area contributed by atoms with E-state index in [-0.39, 0.29) is 0 Å². The van der Waals surface area contributed by atoms with E-state index in [1.54, 1.807) is 0 Å². The van der Waals surface area contributed by atoms with E-state index < -0.39 is 0 Å². The second-order valence-electron chi connectivity index (χ2n) is 5.08. The molecule has 3 heterocycles. The smallest absolute Gasteiger partial charge is 0.0991 e. The van der Waals surface area contributed by atoms with Gasteiger partial charge in [-0.3, -0.25) is 0 Å². The summed E-state index contributed by atoms with van der Waals surface area (Å²) in [4.78, 5) is 2.54. The fourth-order valence-corrected chi connectivity index (χ4v) is 2.98. The van der Waals surface area contributed by atoms with E-state index in [2.05, 4.69) is 16.3 Å². The number of nitrogens with zero attached hydrogens (tertiary/aromatic N) is 2. The lowest BCUT2D eigenvalue weighted by molar-refractivity contribution is 0.0975. The standard InChI is InChI=1S/C14H17N3/c15-9-11-1-3-13(4-2-11)16-14-10-17-7-5-12(14)6-8-17/h1-4,12,14,16H,5-8,10H2. The van der Waals surface area contributed by atoms with Gasteiger partial charge in [0, 0.05) is 18.3 Å². The highest BCUT2D eigenvalue weighted by molar-refractivity contribution is 5.48. The maximum absolute atomic E-state index is 8.76. The summed E-state index contributed by atoms with van der Waals surface area (Å²) in [6.45, 7) is 3.72. The summed E-state index contributed by atoms with van der Waals surface area (Å²) < 4.78 is 0. The lowest BCUT2D eigenvalue weighted by Gasteiger charge is -2.45. The van der Waals surface area contributed by atoms with Crippen molar-refractivity contribution in [1.82, 2.24) is 4.90 Å². The van der Waals surface area contributed by atoms with Gasteiger partial charge < -0.3 is 10.2 Å². The summed E-state index contributed by atoms with van der Waals surface area (Å²) in [6, 6.07) is 10.5. The molecule has 4 rings (SSSR count). The Hall–Kier alpha value is -1.53. The molecular formula is C14H17N3. The second kappa shape index (κ2) is 4.38. The summed E-state index contributed by atoms with van der Waals surface area (Å²) >= 11 is 0. The molecule has 3 fully saturated rings. The number of rotatable bonds is 2. The van der Waals surface area contributed by atoms with Gasteiger partial charge >= 0.3 is 0 Å². The molecule has 3 nitrogen and oxygen atoms in total. The van der Waals surface area contributed by atoms with Gasteiger partial charge in [-0.05, 0) is 56.1 Å². The third-order valence-corrected chi connectivity index (χ3v) is 4.02. The van der Waals surface area contributed by atoms with Crippen LogP contribution in [-0.2, 0) is 0 Å². The first-order chi connectivity index (χ1) is 8.35. The molecule has 3 saturated heterocycles. The van der Waals surface area contributed by atoms with Crippen molar-refractivity contribution in [2.45, 2.75) is 18.9 Å². The molecule has 1 N–H and O–H groups in total. The van der Waals surface area contributed by atoms with Gasteiger partial charge in [-0.1, -0.05) is 0 Å². The Morgan fingerprint density at radius 1 is 1.18 bits per heavy atom. The van der Waals surface area contributed by atoms with Gasteiger partial charge in [0.1, 0.15) is 0 Å². The zero-order chi connectivity index (χ0) is 11.7. The number of hydrogen-bond acceptors (Lipinski definition) is 3. The quantitative estimate of drug-likeness (QED) is 0.840. The van der Waals surface area contributed by atoms with Crippen LogP contribution in [0.1, 0.15) is 18.4 Å². The number of piperidine rings is 3. The number of benzene rings is 1.